The molecule has 11 rings (SSSR count). The minimum Gasteiger partial charge on any atom is -0.509 e. The smallest absolute Gasteiger partial charge is 0.135 e. The molecule has 1 aromatic heterocycles. The first kappa shape index (κ1) is 59.9. The number of anilines is 7. The average Bonchev–Trinajstić information content (AvgIpc) is 1.74. The van der Waals surface area contributed by atoms with E-state index in [0.29, 0.717) is 11.5 Å². The fraction of sp³-hybridized carbons (Fsp3) is 0.308. The van der Waals surface area contributed by atoms with Gasteiger partial charge in [-0.05, 0) is 125 Å². The van der Waals surface area contributed by atoms with Gasteiger partial charge in [-0.25, -0.2) is 4.98 Å². The number of hydrogen-bond acceptors (Lipinski definition) is 5. The van der Waals surface area contributed by atoms with Gasteiger partial charge in [-0.2, -0.15) is 12.1 Å². The minimum atomic E-state index is -0.167. The molecule has 0 saturated heterocycles. The summed E-state index contributed by atoms with van der Waals surface area (Å²) in [6.07, 6.45) is 1.93. The third kappa shape index (κ3) is 11.4. The van der Waals surface area contributed by atoms with E-state index in [0.717, 1.165) is 62.2 Å². The molecule has 5 nitrogen and oxygen atoms in total. The van der Waals surface area contributed by atoms with Gasteiger partial charge in [0.15, 0.2) is 0 Å². The zero-order valence-corrected chi connectivity index (χ0v) is 55.0. The molecule has 0 saturated carbocycles. The van der Waals surface area contributed by atoms with Crippen LogP contribution in [0.1, 0.15) is 158 Å². The molecule has 0 atom stereocenters. The maximum atomic E-state index is 6.98. The molecule has 0 bridgehead atoms. The minimum absolute atomic E-state index is 0. The van der Waals surface area contributed by atoms with Crippen LogP contribution >= 0.6 is 0 Å². The molecule has 434 valence electrons. The first-order chi connectivity index (χ1) is 38.9. The van der Waals surface area contributed by atoms with E-state index in [1.807, 2.05) is 18.3 Å². The van der Waals surface area contributed by atoms with E-state index in [9.17, 15) is 0 Å². The summed E-state index contributed by atoms with van der Waals surface area (Å²) in [5.74, 6) is 1.97. The summed E-state index contributed by atoms with van der Waals surface area (Å²) in [7, 11) is 0. The Kier molecular flexibility index (Phi) is 15.5. The topological polar surface area (TPSA) is 31.8 Å². The van der Waals surface area contributed by atoms with Crippen molar-refractivity contribution in [3.05, 3.63) is 222 Å². The third-order valence-electron chi connectivity index (χ3n) is 16.7. The van der Waals surface area contributed by atoms with Crippen molar-refractivity contribution in [1.29, 1.82) is 0 Å². The maximum Gasteiger partial charge on any atom is 0.135 e. The van der Waals surface area contributed by atoms with Crippen LogP contribution in [0.15, 0.2) is 170 Å². The second-order valence-corrected chi connectivity index (χ2v) is 29.2. The monoisotopic (exact) mass is 1290 g/mol. The Balaban J connectivity index is 0.00000786. The van der Waals surface area contributed by atoms with Crippen molar-refractivity contribution in [1.82, 2.24) is 4.98 Å². The molecule has 2 aliphatic heterocycles. The second-order valence-electron chi connectivity index (χ2n) is 29.2. The van der Waals surface area contributed by atoms with Crippen LogP contribution in [0.4, 0.5) is 39.9 Å². The van der Waals surface area contributed by atoms with E-state index in [-0.39, 0.29) is 53.6 Å². The number of pyridine rings is 1. The molecule has 0 unspecified atom stereocenters. The molecular weight excluding hydrogens is 1200 g/mol. The van der Waals surface area contributed by atoms with Gasteiger partial charge >= 0.3 is 0 Å². The van der Waals surface area contributed by atoms with Crippen LogP contribution in [0.25, 0.3) is 44.5 Å². The van der Waals surface area contributed by atoms with Crippen LogP contribution in [0.2, 0.25) is 0 Å². The van der Waals surface area contributed by atoms with Crippen molar-refractivity contribution in [3.63, 3.8) is 0 Å². The number of aromatic nitrogens is 1. The fourth-order valence-corrected chi connectivity index (χ4v) is 11.9. The van der Waals surface area contributed by atoms with Gasteiger partial charge in [0.2, 0.25) is 0 Å². The summed E-state index contributed by atoms with van der Waals surface area (Å²) in [5, 5.41) is 0. The van der Waals surface area contributed by atoms with E-state index >= 15 is 0 Å². The van der Waals surface area contributed by atoms with Gasteiger partial charge in [0.25, 0.3) is 0 Å². The Morgan fingerprint density at radius 2 is 0.833 bits per heavy atom. The van der Waals surface area contributed by atoms with Crippen LogP contribution in [0.3, 0.4) is 0 Å². The van der Waals surface area contributed by atoms with Gasteiger partial charge in [0, 0.05) is 72.5 Å². The van der Waals surface area contributed by atoms with Gasteiger partial charge in [-0.1, -0.05) is 227 Å². The normalized spacial score (nSPS) is 13.6. The summed E-state index contributed by atoms with van der Waals surface area (Å²) in [5.41, 5.74) is 22.4. The van der Waals surface area contributed by atoms with E-state index in [2.05, 4.69) is 310 Å². The van der Waals surface area contributed by atoms with Gasteiger partial charge in [-0.15, -0.1) is 48.3 Å². The molecule has 8 aromatic carbocycles. The van der Waals surface area contributed by atoms with E-state index in [4.69, 9.17) is 9.72 Å². The molecule has 3 heterocycles. The Hall–Kier alpha value is -7.20. The average molecular weight is 1290 g/mol. The van der Waals surface area contributed by atoms with Crippen molar-refractivity contribution >= 4 is 39.9 Å². The molecule has 0 spiro atoms. The van der Waals surface area contributed by atoms with Crippen LogP contribution in [-0.4, -0.2) is 4.98 Å². The molecule has 0 fully saturated rings. The maximum absolute atomic E-state index is 6.98. The SMILES string of the molecule is CC(C)(C)c1ccnc(N2c3[c-]c(Oc4[c-]c(N5[CH-]N(c6c(-c7cc(C(C)(C)C)ccc7C(C)(C)C)cc(C(C)(C)C)cc6-c6cc(C(C)(C)C)ccc6C(C)(C)C)c6ccccc65)ccc4)ccc3-c3ccccc3-c3ccccc32)c1.[Pt]. The largest absolute Gasteiger partial charge is 0.509 e. The zero-order chi connectivity index (χ0) is 59.3. The predicted octanol–water partition coefficient (Wildman–Crippen LogP) is 22.1. The number of nitrogens with zero attached hydrogens (tertiary/aromatic N) is 4. The molecular formula is C78H83N4OPt-3. The Morgan fingerprint density at radius 3 is 1.37 bits per heavy atom. The van der Waals surface area contributed by atoms with Gasteiger partial charge < -0.3 is 19.4 Å². The number of fused-ring (bicyclic) bond motifs is 6. The second kappa shape index (κ2) is 21.7. The molecule has 9 aromatic rings. The van der Waals surface area contributed by atoms with Gasteiger partial charge in [0.05, 0.1) is 5.69 Å². The molecule has 0 aliphatic carbocycles. The zero-order valence-electron chi connectivity index (χ0n) is 52.8. The number of rotatable bonds is 7. The van der Waals surface area contributed by atoms with E-state index in [1.165, 1.54) is 55.6 Å². The fourth-order valence-electron chi connectivity index (χ4n) is 11.9. The molecule has 0 N–H and O–H groups in total. The predicted molar refractivity (Wildman–Crippen MR) is 352 cm³/mol. The summed E-state index contributed by atoms with van der Waals surface area (Å²) < 4.78 is 6.98. The summed E-state index contributed by atoms with van der Waals surface area (Å²) in [6, 6.07) is 67.9. The van der Waals surface area contributed by atoms with Crippen molar-refractivity contribution in [2.45, 2.75) is 157 Å². The quantitative estimate of drug-likeness (QED) is 0.149. The Labute approximate surface area is 517 Å². The van der Waals surface area contributed by atoms with Crippen LogP contribution < -0.4 is 19.4 Å². The Morgan fingerprint density at radius 1 is 0.369 bits per heavy atom. The molecule has 6 heteroatoms. The van der Waals surface area contributed by atoms with Crippen LogP contribution in [0.5, 0.6) is 11.5 Å². The molecule has 84 heavy (non-hydrogen) atoms. The first-order valence-electron chi connectivity index (χ1n) is 29.7. The summed E-state index contributed by atoms with van der Waals surface area (Å²) in [4.78, 5) is 12.1. The van der Waals surface area contributed by atoms with E-state index < -0.39 is 0 Å². The summed E-state index contributed by atoms with van der Waals surface area (Å²) >= 11 is 0. The Bertz CT molecular complexity index is 3860. The van der Waals surface area contributed by atoms with Crippen molar-refractivity contribution in [2.75, 3.05) is 14.7 Å². The van der Waals surface area contributed by atoms with Crippen molar-refractivity contribution in [2.24, 2.45) is 0 Å². The standard InChI is InChI=1S/C78H83N4O.Pt/c1-73(2,3)50-34-38-65(77(13,14)15)61(42-50)63-44-53(76(10,11)12)45-64(62-43-51(74(4,5)6)35-39-66(62)78(16,17)18)72(63)81-49-80(68-32-23-24-33-69(68)81)54-26-25-27-55(47-54)83-56-36-37-60-58-29-20-19-28-57(58)59-30-21-22-31-67(59)82(70(60)48-56)71-46-52(40-41-79-71)75(7,8)9;/h19-46,49H,1-18H3;/q-3;. The molecule has 0 amide bonds. The van der Waals surface area contributed by atoms with Gasteiger partial charge in [0.1, 0.15) is 5.82 Å². The molecule has 0 radical (unpaired) electrons. The van der Waals surface area contributed by atoms with Crippen molar-refractivity contribution in [3.8, 4) is 56.0 Å². The first-order valence-corrected chi connectivity index (χ1v) is 29.7. The number of hydrogen-bond donors (Lipinski definition) is 0. The van der Waals surface area contributed by atoms with Crippen LogP contribution in [0, 0.1) is 18.8 Å². The third-order valence-corrected chi connectivity index (χ3v) is 16.7. The van der Waals surface area contributed by atoms with Crippen LogP contribution in [-0.2, 0) is 53.6 Å². The summed E-state index contributed by atoms with van der Waals surface area (Å²) in [6.45, 7) is 44.2. The van der Waals surface area contributed by atoms with Crippen molar-refractivity contribution < 1.29 is 25.8 Å². The number of para-hydroxylation sites is 3. The number of benzene rings is 8. The number of ether oxygens (including phenoxy) is 1. The van der Waals surface area contributed by atoms with Gasteiger partial charge in [-0.3, -0.25) is 0 Å². The molecule has 2 aliphatic rings. The van der Waals surface area contributed by atoms with E-state index in [1.54, 1.807) is 0 Å².